The van der Waals surface area contributed by atoms with Crippen molar-refractivity contribution in [3.63, 3.8) is 0 Å². The monoisotopic (exact) mass is 184 g/mol. The molecule has 1 N–H and O–H groups in total. The summed E-state index contributed by atoms with van der Waals surface area (Å²) < 4.78 is 1.76. The summed E-state index contributed by atoms with van der Waals surface area (Å²) in [4.78, 5) is 0. The third-order valence-electron chi connectivity index (χ3n) is 2.30. The summed E-state index contributed by atoms with van der Waals surface area (Å²) >= 11 is 1.80. The minimum Gasteiger partial charge on any atom is -0.383 e. The van der Waals surface area contributed by atoms with Crippen molar-refractivity contribution in [3.05, 3.63) is 18.0 Å². The van der Waals surface area contributed by atoms with Gasteiger partial charge in [0.2, 0.25) is 0 Å². The van der Waals surface area contributed by atoms with Crippen molar-refractivity contribution in [2.24, 2.45) is 7.05 Å². The lowest BCUT2D eigenvalue weighted by atomic mass is 9.99. The van der Waals surface area contributed by atoms with E-state index in [0.29, 0.717) is 0 Å². The second-order valence-corrected chi connectivity index (χ2v) is 4.28. The van der Waals surface area contributed by atoms with Crippen molar-refractivity contribution in [3.8, 4) is 0 Å². The highest BCUT2D eigenvalue weighted by Gasteiger charge is 2.35. The van der Waals surface area contributed by atoms with Gasteiger partial charge in [0.25, 0.3) is 0 Å². The Labute approximate surface area is 75.8 Å². The van der Waals surface area contributed by atoms with Gasteiger partial charge >= 0.3 is 0 Å². The molecular weight excluding hydrogens is 172 g/mol. The fourth-order valence-electron chi connectivity index (χ4n) is 1.59. The molecule has 1 aromatic rings. The van der Waals surface area contributed by atoms with Gasteiger partial charge in [0.05, 0.1) is 5.69 Å². The predicted molar refractivity (Wildman–Crippen MR) is 49.0 cm³/mol. The predicted octanol–water partition coefficient (Wildman–Crippen LogP) is 0.745. The summed E-state index contributed by atoms with van der Waals surface area (Å²) in [6.07, 6.45) is 2.58. The van der Waals surface area contributed by atoms with E-state index in [-0.39, 0.29) is 0 Å². The molecule has 1 aromatic heterocycles. The van der Waals surface area contributed by atoms with Gasteiger partial charge in [-0.3, -0.25) is 4.68 Å². The molecule has 12 heavy (non-hydrogen) atoms. The van der Waals surface area contributed by atoms with Gasteiger partial charge in [0, 0.05) is 19.0 Å². The molecule has 1 fully saturated rings. The molecule has 0 bridgehead atoms. The molecule has 0 aliphatic carbocycles. The van der Waals surface area contributed by atoms with Gasteiger partial charge in [-0.15, -0.1) is 0 Å². The molecule has 2 heterocycles. The maximum absolute atomic E-state index is 10.2. The number of rotatable bonds is 1. The van der Waals surface area contributed by atoms with Crippen molar-refractivity contribution < 1.29 is 5.11 Å². The van der Waals surface area contributed by atoms with E-state index in [0.717, 1.165) is 23.6 Å². The second kappa shape index (κ2) is 2.78. The van der Waals surface area contributed by atoms with E-state index in [1.807, 2.05) is 13.1 Å². The fourth-order valence-corrected chi connectivity index (χ4v) is 2.84. The summed E-state index contributed by atoms with van der Waals surface area (Å²) in [5.41, 5.74) is 0.308. The molecule has 0 spiro atoms. The Morgan fingerprint density at radius 1 is 1.75 bits per heavy atom. The van der Waals surface area contributed by atoms with Gasteiger partial charge in [0.1, 0.15) is 5.60 Å². The summed E-state index contributed by atoms with van der Waals surface area (Å²) in [5.74, 6) is 1.84. The van der Waals surface area contributed by atoms with E-state index in [1.54, 1.807) is 22.6 Å². The zero-order valence-corrected chi connectivity index (χ0v) is 7.84. The normalized spacial score (nSPS) is 29.5. The highest BCUT2D eigenvalue weighted by Crippen LogP contribution is 2.35. The molecule has 1 atom stereocenters. The molecule has 1 saturated heterocycles. The molecule has 0 saturated carbocycles. The van der Waals surface area contributed by atoms with Crippen molar-refractivity contribution in [1.82, 2.24) is 9.78 Å². The highest BCUT2D eigenvalue weighted by molar-refractivity contribution is 7.99. The zero-order chi connectivity index (χ0) is 8.60. The number of nitrogens with zero attached hydrogens (tertiary/aromatic N) is 2. The molecule has 0 radical (unpaired) electrons. The fraction of sp³-hybridized carbons (Fsp3) is 0.625. The van der Waals surface area contributed by atoms with Crippen molar-refractivity contribution in [2.75, 3.05) is 11.5 Å². The Bertz CT molecular complexity index is 278. The van der Waals surface area contributed by atoms with Crippen LogP contribution < -0.4 is 0 Å². The summed E-state index contributed by atoms with van der Waals surface area (Å²) in [6.45, 7) is 0. The number of aryl methyl sites for hydroxylation is 1. The third-order valence-corrected chi connectivity index (χ3v) is 3.47. The first-order valence-electron chi connectivity index (χ1n) is 4.01. The van der Waals surface area contributed by atoms with Crippen molar-refractivity contribution in [1.29, 1.82) is 0 Å². The lowest BCUT2D eigenvalue weighted by molar-refractivity contribution is 0.0570. The number of aromatic nitrogens is 2. The first kappa shape index (κ1) is 8.13. The van der Waals surface area contributed by atoms with Crippen LogP contribution in [-0.2, 0) is 12.6 Å². The van der Waals surface area contributed by atoms with Crippen LogP contribution in [0.1, 0.15) is 12.1 Å². The Balaban J connectivity index is 2.34. The number of hydrogen-bond donors (Lipinski definition) is 1. The number of aliphatic hydroxyl groups is 1. The first-order chi connectivity index (χ1) is 5.72. The first-order valence-corrected chi connectivity index (χ1v) is 5.16. The van der Waals surface area contributed by atoms with Crippen LogP contribution in [0.3, 0.4) is 0 Å². The van der Waals surface area contributed by atoms with Crippen LogP contribution in [0.2, 0.25) is 0 Å². The van der Waals surface area contributed by atoms with Gasteiger partial charge < -0.3 is 5.11 Å². The molecule has 3 nitrogen and oxygen atoms in total. The van der Waals surface area contributed by atoms with Crippen LogP contribution >= 0.6 is 11.8 Å². The average Bonchev–Trinajstić information content (AvgIpc) is 2.59. The SMILES string of the molecule is Cn1nccc1C1(O)CCSC1. The van der Waals surface area contributed by atoms with Crippen molar-refractivity contribution >= 4 is 11.8 Å². The number of hydrogen-bond acceptors (Lipinski definition) is 3. The average molecular weight is 184 g/mol. The zero-order valence-electron chi connectivity index (χ0n) is 7.03. The standard InChI is InChI=1S/C8H12N2OS/c1-10-7(2-4-9-10)8(11)3-5-12-6-8/h2,4,11H,3,5-6H2,1H3. The van der Waals surface area contributed by atoms with Gasteiger partial charge in [-0.25, -0.2) is 0 Å². The van der Waals surface area contributed by atoms with Crippen LogP contribution in [-0.4, -0.2) is 26.4 Å². The Morgan fingerprint density at radius 2 is 2.58 bits per heavy atom. The lowest BCUT2D eigenvalue weighted by Gasteiger charge is -2.20. The maximum Gasteiger partial charge on any atom is 0.116 e. The molecule has 1 aliphatic heterocycles. The van der Waals surface area contributed by atoms with Crippen LogP contribution in [0.5, 0.6) is 0 Å². The number of thioether (sulfide) groups is 1. The summed E-state index contributed by atoms with van der Waals surface area (Å²) in [5, 5.41) is 14.2. The second-order valence-electron chi connectivity index (χ2n) is 3.17. The van der Waals surface area contributed by atoms with Gasteiger partial charge in [-0.2, -0.15) is 16.9 Å². The lowest BCUT2D eigenvalue weighted by Crippen LogP contribution is -2.27. The van der Waals surface area contributed by atoms with Crippen LogP contribution in [0, 0.1) is 0 Å². The smallest absolute Gasteiger partial charge is 0.116 e. The maximum atomic E-state index is 10.2. The largest absolute Gasteiger partial charge is 0.383 e. The quantitative estimate of drug-likeness (QED) is 0.699. The molecule has 66 valence electrons. The van der Waals surface area contributed by atoms with E-state index >= 15 is 0 Å². The Kier molecular flexibility index (Phi) is 1.88. The Hall–Kier alpha value is -0.480. The van der Waals surface area contributed by atoms with E-state index in [9.17, 15) is 5.11 Å². The molecular formula is C8H12N2OS. The topological polar surface area (TPSA) is 38.0 Å². The highest BCUT2D eigenvalue weighted by atomic mass is 32.2. The summed E-state index contributed by atoms with van der Waals surface area (Å²) in [7, 11) is 1.87. The van der Waals surface area contributed by atoms with Crippen LogP contribution in [0.25, 0.3) is 0 Å². The van der Waals surface area contributed by atoms with Crippen LogP contribution in [0.4, 0.5) is 0 Å². The minimum absolute atomic E-state index is 0.629. The van der Waals surface area contributed by atoms with E-state index in [4.69, 9.17) is 0 Å². The van der Waals surface area contributed by atoms with Crippen molar-refractivity contribution in [2.45, 2.75) is 12.0 Å². The van der Waals surface area contributed by atoms with Gasteiger partial charge in [0.15, 0.2) is 0 Å². The van der Waals surface area contributed by atoms with Crippen LogP contribution in [0.15, 0.2) is 12.3 Å². The molecule has 4 heteroatoms. The summed E-state index contributed by atoms with van der Waals surface area (Å²) in [6, 6.07) is 1.89. The molecule has 0 aromatic carbocycles. The van der Waals surface area contributed by atoms with Gasteiger partial charge in [-0.05, 0) is 18.2 Å². The van der Waals surface area contributed by atoms with E-state index < -0.39 is 5.60 Å². The van der Waals surface area contributed by atoms with E-state index in [1.165, 1.54) is 0 Å². The molecule has 1 unspecified atom stereocenters. The van der Waals surface area contributed by atoms with Gasteiger partial charge in [-0.1, -0.05) is 0 Å². The molecule has 2 rings (SSSR count). The molecule has 0 amide bonds. The third kappa shape index (κ3) is 1.15. The Morgan fingerprint density at radius 3 is 3.08 bits per heavy atom. The minimum atomic E-state index is -0.629. The molecule has 1 aliphatic rings. The van der Waals surface area contributed by atoms with E-state index in [2.05, 4.69) is 5.10 Å².